The molecule has 0 radical (unpaired) electrons. The average Bonchev–Trinajstić information content (AvgIpc) is 2.85. The number of hydrogen-bond acceptors (Lipinski definition) is 4. The van der Waals surface area contributed by atoms with Gasteiger partial charge in [0.2, 0.25) is 5.91 Å². The molecular weight excluding hydrogens is 318 g/mol. The highest BCUT2D eigenvalue weighted by Crippen LogP contribution is 2.41. The van der Waals surface area contributed by atoms with E-state index in [1.165, 1.54) is 0 Å². The van der Waals surface area contributed by atoms with Gasteiger partial charge in [-0.15, -0.1) is 0 Å². The Kier molecular flexibility index (Phi) is 4.45. The van der Waals surface area contributed by atoms with E-state index in [4.69, 9.17) is 9.47 Å². The van der Waals surface area contributed by atoms with Gasteiger partial charge in [-0.3, -0.25) is 9.89 Å². The van der Waals surface area contributed by atoms with Gasteiger partial charge in [0.05, 0.1) is 25.3 Å². The number of aromatic nitrogens is 2. The summed E-state index contributed by atoms with van der Waals surface area (Å²) in [5, 5.41) is 10.2. The van der Waals surface area contributed by atoms with Crippen LogP contribution < -0.4 is 14.8 Å². The van der Waals surface area contributed by atoms with Gasteiger partial charge in [-0.1, -0.05) is 0 Å². The van der Waals surface area contributed by atoms with Crippen LogP contribution in [0.25, 0.3) is 0 Å². The molecule has 1 atom stereocenters. The molecule has 25 heavy (non-hydrogen) atoms. The van der Waals surface area contributed by atoms with Gasteiger partial charge in [0.1, 0.15) is 17.1 Å². The Labute approximate surface area is 147 Å². The topological polar surface area (TPSA) is 76.2 Å². The summed E-state index contributed by atoms with van der Waals surface area (Å²) in [5.41, 5.74) is 3.35. The fourth-order valence-electron chi connectivity index (χ4n) is 3.33. The number of carbonyl (C=O) groups excluding carboxylic acids is 1. The molecule has 0 saturated heterocycles. The molecule has 1 aromatic carbocycles. The van der Waals surface area contributed by atoms with E-state index < -0.39 is 0 Å². The molecule has 6 nitrogen and oxygen atoms in total. The minimum atomic E-state index is -0.346. The zero-order chi connectivity index (χ0) is 18.2. The number of rotatable bonds is 4. The van der Waals surface area contributed by atoms with Gasteiger partial charge in [-0.05, 0) is 45.9 Å². The van der Waals surface area contributed by atoms with Crippen molar-refractivity contribution in [3.8, 4) is 11.5 Å². The van der Waals surface area contributed by atoms with Crippen LogP contribution in [0.2, 0.25) is 0 Å². The zero-order valence-corrected chi connectivity index (χ0v) is 15.4. The number of hydrogen-bond donors (Lipinski definition) is 2. The Morgan fingerprint density at radius 3 is 2.84 bits per heavy atom. The molecule has 1 amide bonds. The normalized spacial score (nSPS) is 18.2. The third-order valence-electron chi connectivity index (χ3n) is 4.63. The summed E-state index contributed by atoms with van der Waals surface area (Å²) in [6, 6.07) is 5.59. The third kappa shape index (κ3) is 3.62. The molecule has 1 aliphatic rings. The third-order valence-corrected chi connectivity index (χ3v) is 4.63. The van der Waals surface area contributed by atoms with E-state index >= 15 is 0 Å². The van der Waals surface area contributed by atoms with Gasteiger partial charge in [0.15, 0.2) is 0 Å². The summed E-state index contributed by atoms with van der Waals surface area (Å²) in [4.78, 5) is 12.6. The van der Waals surface area contributed by atoms with Crippen LogP contribution in [0.15, 0.2) is 18.2 Å². The predicted octanol–water partition coefficient (Wildman–Crippen LogP) is 3.00. The second-order valence-corrected chi connectivity index (χ2v) is 7.18. The van der Waals surface area contributed by atoms with E-state index in [9.17, 15) is 4.79 Å². The van der Waals surface area contributed by atoms with Crippen molar-refractivity contribution in [2.45, 2.75) is 52.2 Å². The van der Waals surface area contributed by atoms with Gasteiger partial charge in [0, 0.05) is 23.2 Å². The van der Waals surface area contributed by atoms with Crippen LogP contribution in [-0.2, 0) is 11.2 Å². The largest absolute Gasteiger partial charge is 0.497 e. The summed E-state index contributed by atoms with van der Waals surface area (Å²) in [6.07, 6.45) is 1.01. The van der Waals surface area contributed by atoms with Crippen LogP contribution in [0.3, 0.4) is 0 Å². The minimum absolute atomic E-state index is 0.0240. The van der Waals surface area contributed by atoms with Crippen LogP contribution in [0.4, 0.5) is 0 Å². The second kappa shape index (κ2) is 6.43. The first-order valence-corrected chi connectivity index (χ1v) is 8.46. The Morgan fingerprint density at radius 1 is 1.44 bits per heavy atom. The molecule has 2 aromatic rings. The number of H-pyrrole nitrogens is 1. The van der Waals surface area contributed by atoms with E-state index in [0.717, 1.165) is 34.0 Å². The molecule has 134 valence electrons. The van der Waals surface area contributed by atoms with Crippen molar-refractivity contribution < 1.29 is 14.3 Å². The Bertz CT molecular complexity index is 776. The molecule has 0 spiro atoms. The Morgan fingerprint density at radius 2 is 2.20 bits per heavy atom. The van der Waals surface area contributed by atoms with E-state index in [1.807, 2.05) is 45.9 Å². The number of aryl methyl sites for hydroxylation is 2. The number of aromatic amines is 1. The quantitative estimate of drug-likeness (QED) is 0.895. The van der Waals surface area contributed by atoms with Crippen molar-refractivity contribution in [2.24, 2.45) is 0 Å². The minimum Gasteiger partial charge on any atom is -0.497 e. The lowest BCUT2D eigenvalue weighted by Gasteiger charge is -2.38. The number of amides is 1. The first kappa shape index (κ1) is 17.3. The first-order valence-electron chi connectivity index (χ1n) is 8.46. The molecule has 2 heterocycles. The fourth-order valence-corrected chi connectivity index (χ4v) is 3.33. The van der Waals surface area contributed by atoms with Crippen molar-refractivity contribution >= 4 is 5.91 Å². The van der Waals surface area contributed by atoms with Crippen LogP contribution in [0.1, 0.15) is 48.8 Å². The maximum absolute atomic E-state index is 12.6. The highest BCUT2D eigenvalue weighted by molar-refractivity contribution is 5.79. The molecule has 0 fully saturated rings. The van der Waals surface area contributed by atoms with E-state index in [-0.39, 0.29) is 17.6 Å². The van der Waals surface area contributed by atoms with Crippen LogP contribution in [0, 0.1) is 13.8 Å². The number of carbonyl (C=O) groups is 1. The monoisotopic (exact) mass is 343 g/mol. The van der Waals surface area contributed by atoms with Gasteiger partial charge in [0.25, 0.3) is 0 Å². The molecule has 0 saturated carbocycles. The van der Waals surface area contributed by atoms with E-state index in [1.54, 1.807) is 7.11 Å². The highest BCUT2D eigenvalue weighted by atomic mass is 16.5. The van der Waals surface area contributed by atoms with Crippen molar-refractivity contribution in [1.29, 1.82) is 0 Å². The molecule has 1 aromatic heterocycles. The van der Waals surface area contributed by atoms with E-state index in [2.05, 4.69) is 15.5 Å². The Balaban J connectivity index is 1.83. The van der Waals surface area contributed by atoms with Gasteiger partial charge in [-0.2, -0.15) is 5.10 Å². The maximum Gasteiger partial charge on any atom is 0.225 e. The molecule has 2 N–H and O–H groups in total. The average molecular weight is 343 g/mol. The summed E-state index contributed by atoms with van der Waals surface area (Å²) in [5.74, 6) is 1.52. The first-order chi connectivity index (χ1) is 11.8. The molecule has 0 aliphatic carbocycles. The van der Waals surface area contributed by atoms with Crippen LogP contribution in [-0.4, -0.2) is 28.8 Å². The van der Waals surface area contributed by atoms with Gasteiger partial charge < -0.3 is 14.8 Å². The van der Waals surface area contributed by atoms with Gasteiger partial charge >= 0.3 is 0 Å². The SMILES string of the molecule is COc1ccc2c(c1)[C@H](NC(=O)Cc1c(C)n[nH]c1C)CC(C)(C)O2. The summed E-state index contributed by atoms with van der Waals surface area (Å²) in [7, 11) is 1.63. The zero-order valence-electron chi connectivity index (χ0n) is 15.4. The highest BCUT2D eigenvalue weighted by Gasteiger charge is 2.35. The van der Waals surface area contributed by atoms with Crippen molar-refractivity contribution in [3.63, 3.8) is 0 Å². The number of methoxy groups -OCH3 is 1. The van der Waals surface area contributed by atoms with Gasteiger partial charge in [-0.25, -0.2) is 0 Å². The maximum atomic E-state index is 12.6. The number of benzene rings is 1. The Hall–Kier alpha value is -2.50. The molecule has 0 bridgehead atoms. The molecule has 0 unspecified atom stereocenters. The number of nitrogens with one attached hydrogen (secondary N) is 2. The molecule has 6 heteroatoms. The van der Waals surface area contributed by atoms with Crippen LogP contribution in [0.5, 0.6) is 11.5 Å². The summed E-state index contributed by atoms with van der Waals surface area (Å²) >= 11 is 0. The number of ether oxygens (including phenoxy) is 2. The van der Waals surface area contributed by atoms with Crippen molar-refractivity contribution in [2.75, 3.05) is 7.11 Å². The smallest absolute Gasteiger partial charge is 0.225 e. The fraction of sp³-hybridized carbons (Fsp3) is 0.474. The summed E-state index contributed by atoms with van der Waals surface area (Å²) in [6.45, 7) is 7.90. The van der Waals surface area contributed by atoms with E-state index in [0.29, 0.717) is 12.8 Å². The number of nitrogens with zero attached hydrogens (tertiary/aromatic N) is 1. The van der Waals surface area contributed by atoms with Crippen LogP contribution >= 0.6 is 0 Å². The lowest BCUT2D eigenvalue weighted by Crippen LogP contribution is -2.41. The molecule has 1 aliphatic heterocycles. The summed E-state index contributed by atoms with van der Waals surface area (Å²) < 4.78 is 11.4. The molecular formula is C19H25N3O3. The molecule has 3 rings (SSSR count). The standard InChI is InChI=1S/C19H25N3O3/c1-11-14(12(2)22-21-11)9-18(23)20-16-10-19(3,4)25-17-7-6-13(24-5)8-15(16)17/h6-8,16H,9-10H2,1-5H3,(H,20,23)(H,21,22)/t16-/m1/s1. The van der Waals surface area contributed by atoms with Crippen molar-refractivity contribution in [3.05, 3.63) is 40.7 Å². The lowest BCUT2D eigenvalue weighted by atomic mass is 9.89. The lowest BCUT2D eigenvalue weighted by molar-refractivity contribution is -0.121. The van der Waals surface area contributed by atoms with Crippen molar-refractivity contribution in [1.82, 2.24) is 15.5 Å². The predicted molar refractivity (Wildman–Crippen MR) is 95.0 cm³/mol. The number of fused-ring (bicyclic) bond motifs is 1. The second-order valence-electron chi connectivity index (χ2n) is 7.18.